The molecule has 1 atom stereocenters. The maximum atomic E-state index is 11.5. The molecule has 0 spiro atoms. The number of carbonyl (C=O) groups is 2. The third-order valence-electron chi connectivity index (χ3n) is 9.22. The molecule has 72 heavy (non-hydrogen) atoms. The fourth-order valence-electron chi connectivity index (χ4n) is 4.69. The van der Waals surface area contributed by atoms with Crippen LogP contribution in [0.1, 0.15) is 181 Å². The number of nitrogens with one attached hydrogen (secondary N) is 2. The molecule has 0 saturated carbocycles. The van der Waals surface area contributed by atoms with Crippen molar-refractivity contribution in [2.45, 2.75) is 188 Å². The predicted octanol–water partition coefficient (Wildman–Crippen LogP) is 11.4. The maximum Gasteiger partial charge on any atom is 0.336 e. The third-order valence-corrected chi connectivity index (χ3v) is 9.22. The fraction of sp³-hybridized carbons (Fsp3) is 0.807. The number of hydrogen-bond donors (Lipinski definition) is 4. The largest absolute Gasteiger partial charge is 0.423 e. The molecular weight excluding hydrogens is 919 g/mol. The van der Waals surface area contributed by atoms with E-state index >= 15 is 0 Å². The fourth-order valence-corrected chi connectivity index (χ4v) is 4.69. The summed E-state index contributed by atoms with van der Waals surface area (Å²) in [7, 11) is 6.83. The van der Waals surface area contributed by atoms with Crippen molar-refractivity contribution in [3.63, 3.8) is 0 Å². The van der Waals surface area contributed by atoms with Crippen molar-refractivity contribution in [2.24, 2.45) is 5.41 Å². The van der Waals surface area contributed by atoms with E-state index in [1.54, 1.807) is 27.0 Å². The van der Waals surface area contributed by atoms with Crippen LogP contribution in [0.4, 0.5) is 5.69 Å². The number of anilines is 1. The lowest BCUT2D eigenvalue weighted by Crippen LogP contribution is -2.44. The second kappa shape index (κ2) is 64.0. The van der Waals surface area contributed by atoms with Gasteiger partial charge in [0.2, 0.25) is 11.8 Å². The highest BCUT2D eigenvalue weighted by Gasteiger charge is 2.32. The second-order valence-electron chi connectivity index (χ2n) is 17.1. The van der Waals surface area contributed by atoms with Crippen molar-refractivity contribution in [3.05, 3.63) is 40.2 Å². The molecule has 0 fully saturated rings. The van der Waals surface area contributed by atoms with Crippen molar-refractivity contribution in [3.8, 4) is 0 Å². The molecule has 0 aliphatic heterocycles. The first-order valence-corrected chi connectivity index (χ1v) is 26.5. The van der Waals surface area contributed by atoms with Crippen molar-refractivity contribution in [2.75, 3.05) is 119 Å². The average Bonchev–Trinajstić information content (AvgIpc) is 3.36. The first-order chi connectivity index (χ1) is 33.5. The summed E-state index contributed by atoms with van der Waals surface area (Å²) < 4.78 is 36.5. The Labute approximate surface area is 442 Å². The molecule has 4 N–H and O–H groups in total. The van der Waals surface area contributed by atoms with Crippen LogP contribution in [-0.4, -0.2) is 142 Å². The standard InChI is InChI=1S/C14H16N2O3.2C8H18O2.C7H15NO3.2C7H16O.C4H10.2CH4/c1-15-13(17)6-9-7-14(18)19-12-8-10(16(2)3)4-5-11(9)12;2*1-3-5-9-7-8-10-6-4-2;1-7(2,4-9)5(10)6(11)8-3;2*1-3-5-7-8-6-4-2;1-3-4-2;;/h4-5,7-8H,6H2,1-3H3,(H,15,17);2*3-8H2,1-2H3;5,9-10H,4H2,1-3H3,(H,8,11);2*3-7H2,1-2H3;3-4H2,1-2H3;2*1H4/t;;;5-;;;;;/m...0...../s1. The molecule has 0 unspecified atom stereocenters. The van der Waals surface area contributed by atoms with Crippen LogP contribution in [0, 0.1) is 5.41 Å². The summed E-state index contributed by atoms with van der Waals surface area (Å²) in [5.74, 6) is -0.604. The summed E-state index contributed by atoms with van der Waals surface area (Å²) in [5, 5.41) is 23.7. The topological polar surface area (TPSA) is 187 Å². The van der Waals surface area contributed by atoms with Gasteiger partial charge in [0.15, 0.2) is 0 Å². The zero-order valence-corrected chi connectivity index (χ0v) is 47.7. The number of benzene rings is 1. The molecule has 2 aromatic rings. The molecule has 0 radical (unpaired) electrons. The number of amides is 2. The van der Waals surface area contributed by atoms with Gasteiger partial charge in [0.25, 0.3) is 0 Å². The minimum atomic E-state index is -1.16. The van der Waals surface area contributed by atoms with Gasteiger partial charge in [0.1, 0.15) is 11.7 Å². The van der Waals surface area contributed by atoms with Crippen molar-refractivity contribution in [1.82, 2.24) is 10.6 Å². The minimum Gasteiger partial charge on any atom is -0.423 e. The monoisotopic (exact) mass is 1040 g/mol. The van der Waals surface area contributed by atoms with Gasteiger partial charge in [-0.15, -0.1) is 0 Å². The van der Waals surface area contributed by atoms with Gasteiger partial charge in [-0.3, -0.25) is 9.59 Å². The predicted molar refractivity (Wildman–Crippen MR) is 306 cm³/mol. The number of nitrogens with zero attached hydrogens (tertiary/aromatic N) is 1. The minimum absolute atomic E-state index is 0. The molecule has 0 aliphatic carbocycles. The highest BCUT2D eigenvalue weighted by atomic mass is 16.5. The first kappa shape index (κ1) is 82.9. The van der Waals surface area contributed by atoms with E-state index in [1.807, 2.05) is 31.1 Å². The summed E-state index contributed by atoms with van der Waals surface area (Å²) in [6.07, 6.45) is 13.2. The van der Waals surface area contributed by atoms with Gasteiger partial charge in [0.05, 0.1) is 39.5 Å². The van der Waals surface area contributed by atoms with E-state index in [0.29, 0.717) is 11.1 Å². The molecule has 0 saturated heterocycles. The van der Waals surface area contributed by atoms with Crippen LogP contribution in [0.5, 0.6) is 0 Å². The van der Waals surface area contributed by atoms with Crippen LogP contribution in [0.3, 0.4) is 0 Å². The number of fused-ring (bicyclic) bond motifs is 1. The van der Waals surface area contributed by atoms with Crippen molar-refractivity contribution >= 4 is 28.5 Å². The van der Waals surface area contributed by atoms with Crippen LogP contribution in [0.25, 0.3) is 11.0 Å². The lowest BCUT2D eigenvalue weighted by atomic mass is 9.87. The molecule has 15 heteroatoms. The smallest absolute Gasteiger partial charge is 0.336 e. The van der Waals surface area contributed by atoms with Crippen LogP contribution in [0.2, 0.25) is 0 Å². The van der Waals surface area contributed by atoms with Crippen LogP contribution >= 0.6 is 0 Å². The lowest BCUT2D eigenvalue weighted by molar-refractivity contribution is -0.136. The Hall–Kier alpha value is -3.15. The summed E-state index contributed by atoms with van der Waals surface area (Å²) in [5.41, 5.74) is 0.892. The van der Waals surface area contributed by atoms with Crippen molar-refractivity contribution < 1.29 is 52.6 Å². The molecule has 15 nitrogen and oxygen atoms in total. The Balaban J connectivity index is -0.000000142. The van der Waals surface area contributed by atoms with Crippen LogP contribution in [-0.2, 0) is 44.4 Å². The van der Waals surface area contributed by atoms with Gasteiger partial charge in [-0.25, -0.2) is 4.79 Å². The van der Waals surface area contributed by atoms with E-state index in [4.69, 9.17) is 37.9 Å². The zero-order chi connectivity index (χ0) is 54.3. The van der Waals surface area contributed by atoms with Gasteiger partial charge >= 0.3 is 5.63 Å². The number of carbonyl (C=O) groups excluding carboxylic acids is 2. The molecular formula is C57H117N3O12. The molecule has 0 aliphatic rings. The summed E-state index contributed by atoms with van der Waals surface area (Å²) in [4.78, 5) is 35.8. The molecule has 1 heterocycles. The number of aliphatic hydroxyl groups is 2. The molecule has 2 amide bonds. The lowest BCUT2D eigenvalue weighted by Gasteiger charge is -2.26. The number of hydrogen-bond acceptors (Lipinski definition) is 13. The van der Waals surface area contributed by atoms with E-state index < -0.39 is 23.1 Å². The van der Waals surface area contributed by atoms with E-state index in [1.165, 1.54) is 51.6 Å². The Morgan fingerprint density at radius 1 is 0.583 bits per heavy atom. The summed E-state index contributed by atoms with van der Waals surface area (Å²) in [6, 6.07) is 6.96. The van der Waals surface area contributed by atoms with Gasteiger partial charge in [-0.2, -0.15) is 0 Å². The highest BCUT2D eigenvalue weighted by molar-refractivity contribution is 5.88. The van der Waals surface area contributed by atoms with E-state index in [0.717, 1.165) is 129 Å². The molecule has 2 rings (SSSR count). The van der Waals surface area contributed by atoms with Crippen LogP contribution < -0.4 is 21.2 Å². The second-order valence-corrected chi connectivity index (χ2v) is 17.1. The Kier molecular flexibility index (Phi) is 73.6. The summed E-state index contributed by atoms with van der Waals surface area (Å²) in [6.45, 7) is 34.6. The summed E-state index contributed by atoms with van der Waals surface area (Å²) >= 11 is 0. The first-order valence-electron chi connectivity index (χ1n) is 26.5. The maximum absolute atomic E-state index is 11.5. The van der Waals surface area contributed by atoms with E-state index in [2.05, 4.69) is 79.9 Å². The van der Waals surface area contributed by atoms with Crippen LogP contribution in [0.15, 0.2) is 33.5 Å². The normalized spacial score (nSPS) is 10.4. The van der Waals surface area contributed by atoms with Gasteiger partial charge in [0, 0.05) is 110 Å². The molecule has 0 bridgehead atoms. The number of unbranched alkanes of at least 4 members (excludes halogenated alkanes) is 3. The molecule has 1 aromatic carbocycles. The Bertz CT molecular complexity index is 1380. The Morgan fingerprint density at radius 2 is 0.958 bits per heavy atom. The number of ether oxygens (including phenoxy) is 6. The molecule has 1 aromatic heterocycles. The number of likely N-dealkylation sites (N-methyl/N-ethyl adjacent to an activating group) is 2. The SMILES string of the molecule is C.C.CCCC.CCCCOCCC.CCCCOCCC.CCCOCCOCCC.CCCOCCOCCC.CNC(=O)Cc1cc(=O)oc2cc(N(C)C)ccc12.CNC(=O)[C@H](O)C(C)(C)CO. The quantitative estimate of drug-likeness (QED) is 0.0413. The third kappa shape index (κ3) is 56.2. The Morgan fingerprint density at radius 3 is 1.25 bits per heavy atom. The average molecular weight is 1040 g/mol. The highest BCUT2D eigenvalue weighted by Crippen LogP contribution is 2.23. The van der Waals surface area contributed by atoms with E-state index in [-0.39, 0.29) is 33.8 Å². The van der Waals surface area contributed by atoms with E-state index in [9.17, 15) is 19.5 Å². The molecule has 432 valence electrons. The van der Waals surface area contributed by atoms with Gasteiger partial charge in [-0.1, -0.05) is 124 Å². The number of aliphatic hydroxyl groups excluding tert-OH is 2. The van der Waals surface area contributed by atoms with Gasteiger partial charge in [-0.05, 0) is 69.1 Å². The number of rotatable bonds is 31. The van der Waals surface area contributed by atoms with Gasteiger partial charge < -0.3 is 58.6 Å². The van der Waals surface area contributed by atoms with Crippen molar-refractivity contribution in [1.29, 1.82) is 0 Å². The zero-order valence-electron chi connectivity index (χ0n) is 47.7.